The largest absolute Gasteiger partial charge is 0.444 e. The van der Waals surface area contributed by atoms with Crippen LogP contribution < -0.4 is 10.6 Å². The Labute approximate surface area is 272 Å². The number of likely N-dealkylation sites (tertiary alicyclic amines) is 1. The van der Waals surface area contributed by atoms with Gasteiger partial charge in [-0.15, -0.1) is 5.10 Å². The van der Waals surface area contributed by atoms with E-state index in [0.29, 0.717) is 35.7 Å². The molecule has 1 aliphatic heterocycles. The summed E-state index contributed by atoms with van der Waals surface area (Å²) in [6.07, 6.45) is 5.47. The number of nitrogens with zero attached hydrogens (tertiary/aromatic N) is 6. The Morgan fingerprint density at radius 1 is 1.09 bits per heavy atom. The van der Waals surface area contributed by atoms with Crippen molar-refractivity contribution in [1.29, 1.82) is 0 Å². The topological polar surface area (TPSA) is 144 Å². The van der Waals surface area contributed by atoms with Crippen molar-refractivity contribution in [2.75, 3.05) is 6.54 Å². The molecule has 2 aromatic carbocycles. The lowest BCUT2D eigenvalue weighted by molar-refractivity contribution is -0.132. The fourth-order valence-corrected chi connectivity index (χ4v) is 5.63. The van der Waals surface area contributed by atoms with Gasteiger partial charge in [0.05, 0.1) is 5.69 Å². The molecule has 0 saturated carbocycles. The lowest BCUT2D eigenvalue weighted by Crippen LogP contribution is -2.57. The van der Waals surface area contributed by atoms with Crippen LogP contribution in [0.15, 0.2) is 73.3 Å². The van der Waals surface area contributed by atoms with Crippen molar-refractivity contribution < 1.29 is 19.1 Å². The van der Waals surface area contributed by atoms with Crippen LogP contribution in [0.2, 0.25) is 5.02 Å². The number of hydrogen-bond donors (Lipinski definition) is 2. The number of amides is 3. The highest BCUT2D eigenvalue weighted by atomic mass is 35.5. The lowest BCUT2D eigenvalue weighted by atomic mass is 9.84. The highest BCUT2D eigenvalue weighted by molar-refractivity contribution is 6.30. The maximum atomic E-state index is 13.7. The summed E-state index contributed by atoms with van der Waals surface area (Å²) >= 11 is 6.21. The maximum Gasteiger partial charge on any atom is 0.410 e. The fourth-order valence-electron chi connectivity index (χ4n) is 5.44. The van der Waals surface area contributed by atoms with Gasteiger partial charge in [0.2, 0.25) is 11.8 Å². The Bertz CT molecular complexity index is 1660. The molecule has 0 spiro atoms. The molecule has 2 N–H and O–H groups in total. The summed E-state index contributed by atoms with van der Waals surface area (Å²) in [5, 5.41) is 17.4. The standard InChI is InChI=1S/C33H37ClN8O4/c1-21(30(43)36-19-26-16-27(34)11-12-28(26)42-20-37-39-40-42)38-31(44)29-17-24(13-15-41(29)32(45)46-33(2,3)4)22-7-9-23(10-8-22)25-6-5-14-35-18-25/h5-12,14,16,18,20-21,24,29H,13,15,17,19H2,1-4H3,(H,36,43)(H,38,44)/t21-,24-,29+/m0/s1. The van der Waals surface area contributed by atoms with Crippen LogP contribution in [0.5, 0.6) is 0 Å². The first-order valence-corrected chi connectivity index (χ1v) is 15.5. The number of aromatic nitrogens is 5. The highest BCUT2D eigenvalue weighted by Gasteiger charge is 2.39. The van der Waals surface area contributed by atoms with E-state index in [1.807, 2.05) is 30.5 Å². The number of pyridine rings is 1. The van der Waals surface area contributed by atoms with Crippen LogP contribution >= 0.6 is 11.6 Å². The molecule has 0 aliphatic carbocycles. The van der Waals surface area contributed by atoms with Crippen molar-refractivity contribution >= 4 is 29.5 Å². The fraction of sp³-hybridized carbons (Fsp3) is 0.364. The third-order valence-corrected chi connectivity index (χ3v) is 7.99. The molecule has 13 heteroatoms. The molecule has 240 valence electrons. The van der Waals surface area contributed by atoms with E-state index in [0.717, 1.165) is 16.7 Å². The zero-order chi connectivity index (χ0) is 32.8. The minimum Gasteiger partial charge on any atom is -0.444 e. The molecule has 4 aromatic rings. The van der Waals surface area contributed by atoms with Crippen molar-refractivity contribution in [3.8, 4) is 16.8 Å². The van der Waals surface area contributed by atoms with Crippen molar-refractivity contribution in [2.24, 2.45) is 0 Å². The minimum atomic E-state index is -0.886. The Morgan fingerprint density at radius 3 is 2.54 bits per heavy atom. The number of rotatable bonds is 8. The maximum absolute atomic E-state index is 13.7. The van der Waals surface area contributed by atoms with Gasteiger partial charge in [-0.25, -0.2) is 9.48 Å². The van der Waals surface area contributed by atoms with Gasteiger partial charge in [0.1, 0.15) is 24.0 Å². The van der Waals surface area contributed by atoms with Gasteiger partial charge in [0.25, 0.3) is 0 Å². The second-order valence-electron chi connectivity index (χ2n) is 12.3. The number of carbonyl (C=O) groups is 3. The van der Waals surface area contributed by atoms with Gasteiger partial charge < -0.3 is 15.4 Å². The van der Waals surface area contributed by atoms with Gasteiger partial charge in [0, 0.05) is 30.5 Å². The van der Waals surface area contributed by atoms with E-state index in [2.05, 4.69) is 43.3 Å². The van der Waals surface area contributed by atoms with Gasteiger partial charge in [-0.05, 0) is 103 Å². The van der Waals surface area contributed by atoms with Gasteiger partial charge >= 0.3 is 6.09 Å². The van der Waals surface area contributed by atoms with Crippen molar-refractivity contribution in [3.63, 3.8) is 0 Å². The minimum absolute atomic E-state index is 0.0223. The summed E-state index contributed by atoms with van der Waals surface area (Å²) in [6.45, 7) is 7.41. The molecular weight excluding hydrogens is 608 g/mol. The van der Waals surface area contributed by atoms with E-state index in [1.165, 1.54) is 15.9 Å². The number of tetrazole rings is 1. The van der Waals surface area contributed by atoms with Crippen molar-refractivity contribution in [2.45, 2.75) is 70.7 Å². The van der Waals surface area contributed by atoms with Gasteiger partial charge in [-0.3, -0.25) is 19.5 Å². The van der Waals surface area contributed by atoms with Crippen LogP contribution in [0.4, 0.5) is 4.79 Å². The molecular formula is C33H37ClN8O4. The summed E-state index contributed by atoms with van der Waals surface area (Å²) in [5.74, 6) is -0.811. The first-order chi connectivity index (χ1) is 22.0. The molecule has 5 rings (SSSR count). The predicted molar refractivity (Wildman–Crippen MR) is 172 cm³/mol. The summed E-state index contributed by atoms with van der Waals surface area (Å²) in [5.41, 5.74) is 3.74. The molecule has 3 amide bonds. The van der Waals surface area contributed by atoms with Crippen LogP contribution in [0.3, 0.4) is 0 Å². The molecule has 0 bridgehead atoms. The van der Waals surface area contributed by atoms with E-state index in [1.54, 1.807) is 52.1 Å². The average Bonchev–Trinajstić information content (AvgIpc) is 3.58. The summed E-state index contributed by atoms with van der Waals surface area (Å²) < 4.78 is 7.12. The summed E-state index contributed by atoms with van der Waals surface area (Å²) in [4.78, 5) is 45.8. The van der Waals surface area contributed by atoms with Gasteiger partial charge in [-0.1, -0.05) is 41.9 Å². The zero-order valence-corrected chi connectivity index (χ0v) is 26.9. The van der Waals surface area contributed by atoms with E-state index >= 15 is 0 Å². The number of hydrogen-bond acceptors (Lipinski definition) is 8. The Kier molecular flexibility index (Phi) is 9.96. The number of carbonyl (C=O) groups excluding carboxylic acids is 3. The van der Waals surface area contributed by atoms with Crippen LogP contribution in [-0.4, -0.2) is 72.2 Å². The molecule has 3 atom stereocenters. The van der Waals surface area contributed by atoms with Crippen LogP contribution in [0.25, 0.3) is 16.8 Å². The molecule has 1 saturated heterocycles. The predicted octanol–water partition coefficient (Wildman–Crippen LogP) is 4.68. The van der Waals surface area contributed by atoms with E-state index in [9.17, 15) is 14.4 Å². The summed E-state index contributed by atoms with van der Waals surface area (Å²) in [6, 6.07) is 15.5. The molecule has 0 unspecified atom stereocenters. The van der Waals surface area contributed by atoms with Crippen molar-refractivity contribution in [3.05, 3.63) is 89.5 Å². The first-order valence-electron chi connectivity index (χ1n) is 15.1. The third kappa shape index (κ3) is 8.05. The molecule has 3 heterocycles. The number of nitrogens with one attached hydrogen (secondary N) is 2. The molecule has 12 nitrogen and oxygen atoms in total. The number of piperidine rings is 1. The Hall–Kier alpha value is -4.84. The Balaban J connectivity index is 1.28. The van der Waals surface area contributed by atoms with Crippen molar-refractivity contribution in [1.82, 2.24) is 40.7 Å². The molecule has 1 fully saturated rings. The molecule has 2 aromatic heterocycles. The molecule has 1 aliphatic rings. The molecule has 46 heavy (non-hydrogen) atoms. The van der Waals surface area contributed by atoms with E-state index in [4.69, 9.17) is 16.3 Å². The Morgan fingerprint density at radius 2 is 1.87 bits per heavy atom. The number of benzene rings is 2. The number of halogens is 1. The quantitative estimate of drug-likeness (QED) is 0.281. The first kappa shape index (κ1) is 32.6. The van der Waals surface area contributed by atoms with Crippen LogP contribution in [-0.2, 0) is 20.9 Å². The van der Waals surface area contributed by atoms with Gasteiger partial charge in [0.15, 0.2) is 0 Å². The monoisotopic (exact) mass is 644 g/mol. The highest BCUT2D eigenvalue weighted by Crippen LogP contribution is 2.34. The van der Waals surface area contributed by atoms with Crippen LogP contribution in [0, 0.1) is 0 Å². The van der Waals surface area contributed by atoms with Crippen LogP contribution in [0.1, 0.15) is 57.6 Å². The third-order valence-electron chi connectivity index (χ3n) is 7.75. The lowest BCUT2D eigenvalue weighted by Gasteiger charge is -2.39. The molecule has 0 radical (unpaired) electrons. The second-order valence-corrected chi connectivity index (χ2v) is 12.7. The normalized spacial score (nSPS) is 17.2. The number of ether oxygens (including phenoxy) is 1. The van der Waals surface area contributed by atoms with Gasteiger partial charge in [-0.2, -0.15) is 0 Å². The summed E-state index contributed by atoms with van der Waals surface area (Å²) in [7, 11) is 0. The SMILES string of the molecule is C[C@H](NC(=O)[C@H]1C[C@@H](c2ccc(-c3cccnc3)cc2)CCN1C(=O)OC(C)(C)C)C(=O)NCc1cc(Cl)ccc1-n1cnnn1. The second kappa shape index (κ2) is 14.1. The average molecular weight is 645 g/mol. The van der Waals surface area contributed by atoms with E-state index < -0.39 is 35.6 Å². The van der Waals surface area contributed by atoms with E-state index in [-0.39, 0.29) is 12.5 Å². The smallest absolute Gasteiger partial charge is 0.410 e. The zero-order valence-electron chi connectivity index (χ0n) is 26.2.